The number of methoxy groups -OCH3 is 1. The van der Waals surface area contributed by atoms with Gasteiger partial charge in [-0.05, 0) is 62.1 Å². The van der Waals surface area contributed by atoms with Gasteiger partial charge in [0.25, 0.3) is 0 Å². The van der Waals surface area contributed by atoms with E-state index in [9.17, 15) is 4.79 Å². The van der Waals surface area contributed by atoms with Crippen LogP contribution in [0, 0.1) is 5.41 Å². The molecule has 182 valence electrons. The molecule has 0 unspecified atom stereocenters. The lowest BCUT2D eigenvalue weighted by Crippen LogP contribution is -2.36. The highest BCUT2D eigenvalue weighted by atomic mass is 16.5. The van der Waals surface area contributed by atoms with Crippen LogP contribution in [0.5, 0.6) is 11.5 Å². The van der Waals surface area contributed by atoms with Crippen LogP contribution in [0.3, 0.4) is 0 Å². The Balaban J connectivity index is 1.78. The van der Waals surface area contributed by atoms with E-state index in [4.69, 9.17) is 14.5 Å². The number of nitrogens with one attached hydrogen (secondary N) is 1. The Kier molecular flexibility index (Phi) is 6.57. The predicted molar refractivity (Wildman–Crippen MR) is 140 cm³/mol. The van der Waals surface area contributed by atoms with Crippen LogP contribution in [0.1, 0.15) is 51.4 Å². The molecule has 0 fully saturated rings. The van der Waals surface area contributed by atoms with E-state index >= 15 is 0 Å². The number of imidazole rings is 1. The van der Waals surface area contributed by atoms with Gasteiger partial charge in [0.1, 0.15) is 34.2 Å². The fraction of sp³-hybridized carbons (Fsp3) is 0.310. The highest BCUT2D eigenvalue weighted by molar-refractivity contribution is 5.95. The topological polar surface area (TPSA) is 64.9 Å². The molecule has 0 spiro atoms. The van der Waals surface area contributed by atoms with Gasteiger partial charge >= 0.3 is 5.97 Å². The van der Waals surface area contributed by atoms with E-state index in [0.29, 0.717) is 17.1 Å². The second-order valence-corrected chi connectivity index (χ2v) is 10.6. The van der Waals surface area contributed by atoms with Crippen LogP contribution in [0.15, 0.2) is 72.9 Å². The smallest absolute Gasteiger partial charge is 0.347 e. The van der Waals surface area contributed by atoms with Crippen LogP contribution in [-0.4, -0.2) is 28.0 Å². The number of para-hydroxylation sites is 2. The van der Waals surface area contributed by atoms with Gasteiger partial charge in [0.05, 0.1) is 7.11 Å². The number of hydrogen-bond acceptors (Lipinski definition) is 5. The lowest BCUT2D eigenvalue weighted by molar-refractivity contribution is 0.0732. The fourth-order valence-corrected chi connectivity index (χ4v) is 4.71. The normalized spacial score (nSPS) is 11.9. The maximum Gasteiger partial charge on any atom is 0.347 e. The van der Waals surface area contributed by atoms with Gasteiger partial charge in [0.15, 0.2) is 0 Å². The number of aromatic nitrogens is 2. The van der Waals surface area contributed by atoms with Gasteiger partial charge in [-0.3, -0.25) is 4.40 Å². The summed E-state index contributed by atoms with van der Waals surface area (Å²) in [6, 6.07) is 20.4. The Morgan fingerprint density at radius 1 is 0.914 bits per heavy atom. The molecule has 1 N–H and O–H groups in total. The van der Waals surface area contributed by atoms with Crippen LogP contribution in [0.25, 0.3) is 16.9 Å². The molecule has 0 saturated carbocycles. The molecule has 6 nitrogen and oxygen atoms in total. The molecule has 0 saturated heterocycles. The summed E-state index contributed by atoms with van der Waals surface area (Å²) in [7, 11) is 1.54. The van der Waals surface area contributed by atoms with Gasteiger partial charge in [-0.2, -0.15) is 0 Å². The molecule has 4 aromatic rings. The van der Waals surface area contributed by atoms with E-state index in [1.165, 1.54) is 7.11 Å². The molecule has 4 rings (SSSR count). The molecular weight excluding hydrogens is 438 g/mol. The van der Waals surface area contributed by atoms with Crippen molar-refractivity contribution in [2.75, 3.05) is 12.4 Å². The summed E-state index contributed by atoms with van der Waals surface area (Å²) >= 11 is 0. The van der Waals surface area contributed by atoms with Crippen molar-refractivity contribution in [3.63, 3.8) is 0 Å². The average molecular weight is 472 g/mol. The van der Waals surface area contributed by atoms with E-state index in [-0.39, 0.29) is 11.0 Å². The summed E-state index contributed by atoms with van der Waals surface area (Å²) in [5, 5.41) is 3.74. The molecular formula is C29H33N3O3. The summed E-state index contributed by atoms with van der Waals surface area (Å²) in [6.07, 6.45) is 2.94. The number of anilines is 1. The van der Waals surface area contributed by atoms with Crippen LogP contribution in [0.2, 0.25) is 0 Å². The molecule has 35 heavy (non-hydrogen) atoms. The minimum absolute atomic E-state index is 0.138. The highest BCUT2D eigenvalue weighted by Gasteiger charge is 2.29. The number of carbonyl (C=O) groups excluding carboxylic acids is 1. The van der Waals surface area contributed by atoms with Crippen molar-refractivity contribution < 1.29 is 14.3 Å². The van der Waals surface area contributed by atoms with E-state index < -0.39 is 5.97 Å². The SMILES string of the molecule is COc1ccccc1C(=O)Oc1ccccc1-c1nc2ccccn2c1NC(C)(C)CC(C)(C)C. The van der Waals surface area contributed by atoms with Crippen LogP contribution in [0.4, 0.5) is 5.82 Å². The van der Waals surface area contributed by atoms with Crippen molar-refractivity contribution in [2.24, 2.45) is 5.41 Å². The first-order chi connectivity index (χ1) is 16.6. The summed E-state index contributed by atoms with van der Waals surface area (Å²) in [4.78, 5) is 18.0. The Labute approximate surface area is 206 Å². The van der Waals surface area contributed by atoms with Crippen molar-refractivity contribution in [3.05, 3.63) is 78.5 Å². The first kappa shape index (κ1) is 24.3. The molecule has 2 aromatic heterocycles. The van der Waals surface area contributed by atoms with Crippen molar-refractivity contribution >= 4 is 17.4 Å². The minimum Gasteiger partial charge on any atom is -0.496 e. The summed E-state index contributed by atoms with van der Waals surface area (Å²) in [5.41, 5.74) is 2.56. The van der Waals surface area contributed by atoms with Crippen molar-refractivity contribution in [2.45, 2.75) is 46.6 Å². The number of esters is 1. The molecule has 0 amide bonds. The molecule has 0 bridgehead atoms. The number of ether oxygens (including phenoxy) is 2. The Bertz CT molecular complexity index is 1350. The van der Waals surface area contributed by atoms with E-state index in [2.05, 4.69) is 39.9 Å². The number of carbonyl (C=O) groups is 1. The highest BCUT2D eigenvalue weighted by Crippen LogP contribution is 2.38. The first-order valence-electron chi connectivity index (χ1n) is 11.8. The van der Waals surface area contributed by atoms with Gasteiger partial charge in [-0.15, -0.1) is 0 Å². The zero-order valence-corrected chi connectivity index (χ0v) is 21.3. The van der Waals surface area contributed by atoms with Gasteiger partial charge < -0.3 is 14.8 Å². The van der Waals surface area contributed by atoms with E-state index in [1.54, 1.807) is 24.3 Å². The number of pyridine rings is 1. The molecule has 0 aliphatic carbocycles. The molecule has 2 heterocycles. The molecule has 0 atom stereocenters. The van der Waals surface area contributed by atoms with Gasteiger partial charge in [-0.25, -0.2) is 9.78 Å². The van der Waals surface area contributed by atoms with Gasteiger partial charge in [0.2, 0.25) is 0 Å². The van der Waals surface area contributed by atoms with Gasteiger partial charge in [0, 0.05) is 17.3 Å². The third-order valence-corrected chi connectivity index (χ3v) is 5.63. The van der Waals surface area contributed by atoms with Crippen molar-refractivity contribution in [1.29, 1.82) is 0 Å². The lowest BCUT2D eigenvalue weighted by Gasteiger charge is -2.34. The minimum atomic E-state index is -0.485. The lowest BCUT2D eigenvalue weighted by atomic mass is 9.82. The Morgan fingerprint density at radius 2 is 1.57 bits per heavy atom. The number of benzene rings is 2. The quantitative estimate of drug-likeness (QED) is 0.236. The van der Waals surface area contributed by atoms with Crippen molar-refractivity contribution in [1.82, 2.24) is 9.38 Å². The summed E-state index contributed by atoms with van der Waals surface area (Å²) < 4.78 is 13.3. The van der Waals surface area contributed by atoms with E-state index in [1.807, 2.05) is 53.1 Å². The summed E-state index contributed by atoms with van der Waals surface area (Å²) in [5.74, 6) is 1.27. The average Bonchev–Trinajstić information content (AvgIpc) is 3.15. The predicted octanol–water partition coefficient (Wildman–Crippen LogP) is 6.86. The number of hydrogen-bond donors (Lipinski definition) is 1. The maximum absolute atomic E-state index is 13.1. The van der Waals surface area contributed by atoms with E-state index in [0.717, 1.165) is 29.1 Å². The molecule has 0 radical (unpaired) electrons. The molecule has 6 heteroatoms. The molecule has 0 aliphatic heterocycles. The van der Waals surface area contributed by atoms with Crippen molar-refractivity contribution in [3.8, 4) is 22.8 Å². The number of rotatable bonds is 7. The third kappa shape index (κ3) is 5.48. The second kappa shape index (κ2) is 9.45. The zero-order valence-electron chi connectivity index (χ0n) is 21.3. The Morgan fingerprint density at radius 3 is 2.29 bits per heavy atom. The largest absolute Gasteiger partial charge is 0.496 e. The third-order valence-electron chi connectivity index (χ3n) is 5.63. The summed E-state index contributed by atoms with van der Waals surface area (Å²) in [6.45, 7) is 11.1. The van der Waals surface area contributed by atoms with Gasteiger partial charge in [-0.1, -0.05) is 51.1 Å². The molecule has 0 aliphatic rings. The second-order valence-electron chi connectivity index (χ2n) is 10.6. The number of nitrogens with zero attached hydrogens (tertiary/aromatic N) is 2. The fourth-order valence-electron chi connectivity index (χ4n) is 4.71. The van der Waals surface area contributed by atoms with Crippen LogP contribution < -0.4 is 14.8 Å². The standard InChI is InChI=1S/C29H33N3O3/c1-28(2,3)19-29(4,5)31-26-25(30-24-17-11-12-18-32(24)26)20-13-7-10-16-23(20)35-27(33)21-14-8-9-15-22(21)34-6/h7-18,31H,19H2,1-6H3. The maximum atomic E-state index is 13.1. The monoisotopic (exact) mass is 471 g/mol. The number of fused-ring (bicyclic) bond motifs is 1. The Hall–Kier alpha value is -3.80. The van der Waals surface area contributed by atoms with Crippen LogP contribution >= 0.6 is 0 Å². The zero-order chi connectivity index (χ0) is 25.2. The van der Waals surface area contributed by atoms with Crippen LogP contribution in [-0.2, 0) is 0 Å². The molecule has 2 aromatic carbocycles. The first-order valence-corrected chi connectivity index (χ1v) is 11.8.